The molecule has 1 rings (SSSR count). The van der Waals surface area contributed by atoms with Crippen molar-refractivity contribution in [3.63, 3.8) is 0 Å². The molecule has 4 nitrogen and oxygen atoms in total. The van der Waals surface area contributed by atoms with Crippen LogP contribution >= 0.6 is 0 Å². The summed E-state index contributed by atoms with van der Waals surface area (Å²) in [6.07, 6.45) is 14.0. The molecule has 1 fully saturated rings. The van der Waals surface area contributed by atoms with Gasteiger partial charge in [0.25, 0.3) is 12.5 Å². The smallest absolute Gasteiger partial charge is 0.286 e. The highest BCUT2D eigenvalue weighted by atomic mass is 16.5. The molecular formula is C17H28N2O2. The monoisotopic (exact) mass is 292 g/mol. The van der Waals surface area contributed by atoms with Crippen molar-refractivity contribution in [3.05, 3.63) is 0 Å². The number of ether oxygens (including phenoxy) is 2. The summed E-state index contributed by atoms with van der Waals surface area (Å²) in [7, 11) is 0. The van der Waals surface area contributed by atoms with Crippen LogP contribution in [0.25, 0.3) is 0 Å². The molecule has 1 saturated carbocycles. The topological polar surface area (TPSA) is 66.0 Å². The first-order valence-electron chi connectivity index (χ1n) is 8.29. The van der Waals surface area contributed by atoms with Gasteiger partial charge in [-0.1, -0.05) is 19.8 Å². The summed E-state index contributed by atoms with van der Waals surface area (Å²) < 4.78 is 10.1. The third kappa shape index (κ3) is 7.23. The predicted molar refractivity (Wildman–Crippen MR) is 80.9 cm³/mol. The Balaban J connectivity index is 2.32. The molecule has 0 spiro atoms. The van der Waals surface area contributed by atoms with Crippen LogP contribution in [-0.4, -0.2) is 12.2 Å². The Morgan fingerprint density at radius 2 is 1.90 bits per heavy atom. The van der Waals surface area contributed by atoms with E-state index < -0.39 is 0 Å². The number of hydrogen-bond donors (Lipinski definition) is 0. The van der Waals surface area contributed by atoms with Crippen molar-refractivity contribution in [1.29, 1.82) is 10.5 Å². The maximum Gasteiger partial charge on any atom is 0.286 e. The fourth-order valence-electron chi connectivity index (χ4n) is 3.35. The van der Waals surface area contributed by atoms with E-state index in [0.717, 1.165) is 31.6 Å². The zero-order valence-corrected chi connectivity index (χ0v) is 13.4. The molecule has 1 aliphatic carbocycles. The van der Waals surface area contributed by atoms with Crippen LogP contribution in [0.15, 0.2) is 0 Å². The summed E-state index contributed by atoms with van der Waals surface area (Å²) in [5.74, 6) is 1.47. The summed E-state index contributed by atoms with van der Waals surface area (Å²) >= 11 is 0. The molecule has 21 heavy (non-hydrogen) atoms. The number of rotatable bonds is 8. The van der Waals surface area contributed by atoms with Crippen LogP contribution in [0.4, 0.5) is 0 Å². The van der Waals surface area contributed by atoms with Crippen LogP contribution in [0, 0.1) is 34.9 Å². The van der Waals surface area contributed by atoms with Gasteiger partial charge in [-0.2, -0.15) is 10.5 Å². The molecule has 0 saturated heterocycles. The first-order valence-corrected chi connectivity index (χ1v) is 8.29. The average Bonchev–Trinajstić information content (AvgIpc) is 2.69. The van der Waals surface area contributed by atoms with E-state index >= 15 is 0 Å². The van der Waals surface area contributed by atoms with Gasteiger partial charge in [0.05, 0.1) is 0 Å². The third-order valence-corrected chi connectivity index (χ3v) is 4.73. The van der Waals surface area contributed by atoms with Crippen LogP contribution < -0.4 is 0 Å². The van der Waals surface area contributed by atoms with E-state index in [0.29, 0.717) is 5.92 Å². The lowest BCUT2D eigenvalue weighted by Gasteiger charge is -2.22. The normalized spacial score (nSPS) is 25.0. The number of nitrogens with zero attached hydrogens (tertiary/aromatic N) is 2. The van der Waals surface area contributed by atoms with E-state index in [1.807, 2.05) is 13.2 Å². The minimum Gasteiger partial charge on any atom is -0.424 e. The van der Waals surface area contributed by atoms with Gasteiger partial charge in [0.2, 0.25) is 0 Å². The summed E-state index contributed by atoms with van der Waals surface area (Å²) in [5, 5.41) is 17.1. The van der Waals surface area contributed by atoms with Crippen LogP contribution in [0.1, 0.15) is 71.6 Å². The minimum atomic E-state index is 0.0339. The molecule has 0 bridgehead atoms. The van der Waals surface area contributed by atoms with Crippen molar-refractivity contribution in [2.24, 2.45) is 11.8 Å². The van der Waals surface area contributed by atoms with Gasteiger partial charge in [0.1, 0.15) is 12.2 Å². The Kier molecular flexibility index (Phi) is 8.67. The van der Waals surface area contributed by atoms with E-state index in [2.05, 4.69) is 6.92 Å². The highest BCUT2D eigenvalue weighted by Crippen LogP contribution is 2.32. The number of nitriles is 2. The second kappa shape index (κ2) is 10.3. The average molecular weight is 292 g/mol. The third-order valence-electron chi connectivity index (χ3n) is 4.73. The van der Waals surface area contributed by atoms with Crippen LogP contribution in [0.2, 0.25) is 0 Å². The lowest BCUT2D eigenvalue weighted by Crippen LogP contribution is -2.13. The summed E-state index contributed by atoms with van der Waals surface area (Å²) in [5.41, 5.74) is 0. The Hall–Kier alpha value is -1.42. The van der Waals surface area contributed by atoms with E-state index in [-0.39, 0.29) is 12.2 Å². The van der Waals surface area contributed by atoms with Crippen molar-refractivity contribution >= 4 is 0 Å². The van der Waals surface area contributed by atoms with Gasteiger partial charge in [0, 0.05) is 0 Å². The largest absolute Gasteiger partial charge is 0.424 e. The van der Waals surface area contributed by atoms with E-state index in [1.165, 1.54) is 32.1 Å². The second-order valence-electron chi connectivity index (χ2n) is 6.31. The quantitative estimate of drug-likeness (QED) is 0.487. The van der Waals surface area contributed by atoms with Gasteiger partial charge >= 0.3 is 0 Å². The van der Waals surface area contributed by atoms with Gasteiger partial charge in [-0.3, -0.25) is 0 Å². The highest BCUT2D eigenvalue weighted by Gasteiger charge is 2.22. The molecule has 0 amide bonds. The van der Waals surface area contributed by atoms with Crippen molar-refractivity contribution in [2.45, 2.75) is 83.8 Å². The molecule has 0 aliphatic heterocycles. The van der Waals surface area contributed by atoms with Gasteiger partial charge < -0.3 is 9.47 Å². The molecule has 4 unspecified atom stereocenters. The van der Waals surface area contributed by atoms with Crippen molar-refractivity contribution < 1.29 is 9.47 Å². The predicted octanol–water partition coefficient (Wildman–Crippen LogP) is 4.52. The molecule has 0 aromatic rings. The fourth-order valence-corrected chi connectivity index (χ4v) is 3.35. The lowest BCUT2D eigenvalue weighted by molar-refractivity contribution is 0.142. The standard InChI is InChI=1S/C17H28N2O2/c1-3-15(8-7-14(2)20-12-18)11-16-5-4-6-17(10-9-16)21-13-19/h14-17H,3-11H2,1-2H3. The van der Waals surface area contributed by atoms with Crippen molar-refractivity contribution in [3.8, 4) is 12.5 Å². The maximum absolute atomic E-state index is 8.62. The number of hydrogen-bond acceptors (Lipinski definition) is 4. The van der Waals surface area contributed by atoms with Crippen molar-refractivity contribution in [2.75, 3.05) is 0 Å². The molecule has 0 radical (unpaired) electrons. The molecule has 4 heteroatoms. The second-order valence-corrected chi connectivity index (χ2v) is 6.31. The van der Waals surface area contributed by atoms with Crippen LogP contribution in [0.5, 0.6) is 0 Å². The zero-order chi connectivity index (χ0) is 15.5. The molecule has 0 heterocycles. The Morgan fingerprint density at radius 3 is 2.57 bits per heavy atom. The summed E-state index contributed by atoms with van der Waals surface area (Å²) in [6, 6.07) is 0. The Bertz CT molecular complexity index is 359. The molecule has 118 valence electrons. The Labute approximate surface area is 129 Å². The van der Waals surface area contributed by atoms with E-state index in [1.54, 1.807) is 6.26 Å². The van der Waals surface area contributed by atoms with Crippen molar-refractivity contribution in [1.82, 2.24) is 0 Å². The van der Waals surface area contributed by atoms with Gasteiger partial charge in [-0.25, -0.2) is 0 Å². The van der Waals surface area contributed by atoms with Gasteiger partial charge in [-0.05, 0) is 63.7 Å². The highest BCUT2D eigenvalue weighted by molar-refractivity contribution is 4.75. The molecule has 4 atom stereocenters. The lowest BCUT2D eigenvalue weighted by atomic mass is 9.85. The SMILES string of the molecule is CCC(CCC(C)OC#N)CC1CCCC(OC#N)CC1. The van der Waals surface area contributed by atoms with Gasteiger partial charge in [0.15, 0.2) is 0 Å². The molecule has 0 aromatic carbocycles. The van der Waals surface area contributed by atoms with E-state index in [9.17, 15) is 0 Å². The molecule has 1 aliphatic rings. The Morgan fingerprint density at radius 1 is 1.10 bits per heavy atom. The molecular weight excluding hydrogens is 264 g/mol. The zero-order valence-electron chi connectivity index (χ0n) is 13.4. The minimum absolute atomic E-state index is 0.0339. The molecule has 0 aromatic heterocycles. The maximum atomic E-state index is 8.62. The van der Waals surface area contributed by atoms with Crippen LogP contribution in [0.3, 0.4) is 0 Å². The first kappa shape index (κ1) is 17.6. The van der Waals surface area contributed by atoms with E-state index in [4.69, 9.17) is 20.0 Å². The molecule has 0 N–H and O–H groups in total. The van der Waals surface area contributed by atoms with Gasteiger partial charge in [-0.15, -0.1) is 0 Å². The van der Waals surface area contributed by atoms with Crippen LogP contribution in [-0.2, 0) is 9.47 Å². The fraction of sp³-hybridized carbons (Fsp3) is 0.882. The summed E-state index contributed by atoms with van der Waals surface area (Å²) in [4.78, 5) is 0. The summed E-state index contributed by atoms with van der Waals surface area (Å²) in [6.45, 7) is 4.21. The first-order chi connectivity index (χ1) is 10.2.